The molecule has 3 amide bonds. The van der Waals surface area contributed by atoms with Crippen molar-refractivity contribution >= 4 is 29.5 Å². The highest BCUT2D eigenvalue weighted by atomic mass is 35.5. The predicted molar refractivity (Wildman–Crippen MR) is 124 cm³/mol. The second kappa shape index (κ2) is 9.17. The summed E-state index contributed by atoms with van der Waals surface area (Å²) in [5.74, 6) is -0.311. The molecule has 0 aliphatic carbocycles. The highest BCUT2D eigenvalue weighted by Crippen LogP contribution is 2.37. The summed E-state index contributed by atoms with van der Waals surface area (Å²) in [4.78, 5) is 53.7. The van der Waals surface area contributed by atoms with Crippen molar-refractivity contribution in [1.29, 1.82) is 0 Å². The lowest BCUT2D eigenvalue weighted by atomic mass is 9.99. The van der Waals surface area contributed by atoms with E-state index in [4.69, 9.17) is 16.3 Å². The Bertz CT molecular complexity index is 1130. The summed E-state index contributed by atoms with van der Waals surface area (Å²) in [6, 6.07) is 4.48. The van der Waals surface area contributed by atoms with Crippen LogP contribution in [-0.4, -0.2) is 74.4 Å². The van der Waals surface area contributed by atoms with E-state index in [2.05, 4.69) is 20.3 Å². The number of pyridine rings is 1. The first-order valence-corrected chi connectivity index (χ1v) is 11.4. The maximum absolute atomic E-state index is 12.9. The topological polar surface area (TPSA) is 118 Å². The average Bonchev–Trinajstić information content (AvgIpc) is 3.17. The van der Waals surface area contributed by atoms with Crippen LogP contribution in [0.4, 0.5) is 4.79 Å². The first-order valence-electron chi connectivity index (χ1n) is 11.1. The van der Waals surface area contributed by atoms with Crippen LogP contribution in [0.15, 0.2) is 24.5 Å². The summed E-state index contributed by atoms with van der Waals surface area (Å²) in [5.41, 5.74) is 1.15. The standard InChI is InChI=1S/C23H27ClN6O4/c1-23(2,3)34-22(33)29-10-14-5-6-20(31)30(14)18(11-29)13-7-16(28-19(24)8-13)15-9-17(21(32)25-4)27-12-26-15/h7-9,12,14,18H,5-6,10-11H2,1-4H3,(H,25,32)/t14-,18?/m1/s1. The molecule has 2 aromatic rings. The van der Waals surface area contributed by atoms with Gasteiger partial charge in [-0.15, -0.1) is 0 Å². The molecule has 180 valence electrons. The molecule has 4 rings (SSSR count). The van der Waals surface area contributed by atoms with Crippen molar-refractivity contribution in [2.45, 2.75) is 51.3 Å². The second-order valence-corrected chi connectivity index (χ2v) is 9.76. The van der Waals surface area contributed by atoms with Crippen LogP contribution in [0.25, 0.3) is 11.4 Å². The van der Waals surface area contributed by atoms with Gasteiger partial charge in [-0.25, -0.2) is 19.7 Å². The fourth-order valence-corrected chi connectivity index (χ4v) is 4.54. The zero-order chi connectivity index (χ0) is 24.6. The zero-order valence-electron chi connectivity index (χ0n) is 19.5. The van der Waals surface area contributed by atoms with Gasteiger partial charge in [-0.3, -0.25) is 9.59 Å². The van der Waals surface area contributed by atoms with E-state index >= 15 is 0 Å². The number of fused-ring (bicyclic) bond motifs is 1. The molecule has 2 aliphatic heterocycles. The van der Waals surface area contributed by atoms with Crippen molar-refractivity contribution in [3.63, 3.8) is 0 Å². The molecular weight excluding hydrogens is 460 g/mol. The number of amides is 3. The van der Waals surface area contributed by atoms with Gasteiger partial charge in [0.05, 0.1) is 23.5 Å². The van der Waals surface area contributed by atoms with E-state index in [9.17, 15) is 14.4 Å². The molecule has 4 heterocycles. The SMILES string of the molecule is CNC(=O)c1cc(-c2cc(C3CN(C(=O)OC(C)(C)C)C[C@H]4CCC(=O)N34)cc(Cl)n2)ncn1. The van der Waals surface area contributed by atoms with E-state index in [1.165, 1.54) is 19.4 Å². The van der Waals surface area contributed by atoms with E-state index in [0.717, 1.165) is 5.56 Å². The summed E-state index contributed by atoms with van der Waals surface area (Å²) in [6.45, 7) is 6.15. The normalized spacial score (nSPS) is 20.2. The van der Waals surface area contributed by atoms with E-state index in [1.54, 1.807) is 17.0 Å². The number of ether oxygens (including phenoxy) is 1. The summed E-state index contributed by atoms with van der Waals surface area (Å²) in [6.07, 6.45) is 1.97. The minimum absolute atomic E-state index is 0.0391. The number of hydrogen-bond acceptors (Lipinski definition) is 7. The third-order valence-electron chi connectivity index (χ3n) is 5.78. The Hall–Kier alpha value is -3.27. The number of nitrogens with one attached hydrogen (secondary N) is 1. The van der Waals surface area contributed by atoms with Gasteiger partial charge in [0.1, 0.15) is 22.8 Å². The van der Waals surface area contributed by atoms with Crippen LogP contribution in [0, 0.1) is 0 Å². The van der Waals surface area contributed by atoms with Gasteiger partial charge in [0.2, 0.25) is 5.91 Å². The summed E-state index contributed by atoms with van der Waals surface area (Å²) >= 11 is 6.37. The molecule has 2 atom stereocenters. The Balaban J connectivity index is 1.70. The lowest BCUT2D eigenvalue weighted by molar-refractivity contribution is -0.134. The number of nitrogens with zero attached hydrogens (tertiary/aromatic N) is 5. The molecule has 10 nitrogen and oxygen atoms in total. The lowest BCUT2D eigenvalue weighted by Crippen LogP contribution is -2.55. The fraction of sp³-hybridized carbons (Fsp3) is 0.478. The molecule has 11 heteroatoms. The minimum Gasteiger partial charge on any atom is -0.444 e. The quantitative estimate of drug-likeness (QED) is 0.663. The fourth-order valence-electron chi connectivity index (χ4n) is 4.33. The number of aromatic nitrogens is 3. The number of hydrogen-bond donors (Lipinski definition) is 1. The third-order valence-corrected chi connectivity index (χ3v) is 5.97. The zero-order valence-corrected chi connectivity index (χ0v) is 20.3. The van der Waals surface area contributed by atoms with Gasteiger partial charge in [-0.05, 0) is 51.0 Å². The van der Waals surface area contributed by atoms with Crippen LogP contribution < -0.4 is 5.32 Å². The van der Waals surface area contributed by atoms with Crippen molar-refractivity contribution < 1.29 is 19.1 Å². The predicted octanol–water partition coefficient (Wildman–Crippen LogP) is 2.83. The first-order chi connectivity index (χ1) is 16.1. The number of rotatable bonds is 3. The third kappa shape index (κ3) is 4.96. The van der Waals surface area contributed by atoms with E-state index in [-0.39, 0.29) is 35.2 Å². The minimum atomic E-state index is -0.627. The molecule has 1 N–H and O–H groups in total. The molecule has 0 radical (unpaired) electrons. The van der Waals surface area contributed by atoms with Crippen molar-refractivity contribution in [2.75, 3.05) is 20.1 Å². The lowest BCUT2D eigenvalue weighted by Gasteiger charge is -2.44. The molecule has 34 heavy (non-hydrogen) atoms. The molecule has 0 saturated carbocycles. The van der Waals surface area contributed by atoms with Crippen LogP contribution in [0.1, 0.15) is 55.7 Å². The maximum Gasteiger partial charge on any atom is 0.410 e. The number of piperazine rings is 1. The van der Waals surface area contributed by atoms with Crippen LogP contribution in [-0.2, 0) is 9.53 Å². The van der Waals surface area contributed by atoms with Crippen LogP contribution in [0.2, 0.25) is 5.15 Å². The van der Waals surface area contributed by atoms with Crippen molar-refractivity contribution in [1.82, 2.24) is 30.1 Å². The van der Waals surface area contributed by atoms with Gasteiger partial charge < -0.3 is 19.9 Å². The summed E-state index contributed by atoms with van der Waals surface area (Å²) in [7, 11) is 1.52. The van der Waals surface area contributed by atoms with Crippen molar-refractivity contribution in [3.8, 4) is 11.4 Å². The molecule has 0 aromatic carbocycles. The van der Waals surface area contributed by atoms with Crippen molar-refractivity contribution in [3.05, 3.63) is 40.9 Å². The Morgan fingerprint density at radius 1 is 1.15 bits per heavy atom. The maximum atomic E-state index is 12.9. The van der Waals surface area contributed by atoms with Gasteiger partial charge in [-0.2, -0.15) is 0 Å². The van der Waals surface area contributed by atoms with Gasteiger partial charge in [0.25, 0.3) is 5.91 Å². The molecular formula is C23H27ClN6O4. The van der Waals surface area contributed by atoms with Gasteiger partial charge in [0.15, 0.2) is 0 Å². The molecule has 2 saturated heterocycles. The van der Waals surface area contributed by atoms with E-state index in [0.29, 0.717) is 30.8 Å². The monoisotopic (exact) mass is 486 g/mol. The van der Waals surface area contributed by atoms with Crippen molar-refractivity contribution in [2.24, 2.45) is 0 Å². The molecule has 2 fully saturated rings. The number of halogens is 1. The van der Waals surface area contributed by atoms with Crippen LogP contribution in [0.3, 0.4) is 0 Å². The number of carbonyl (C=O) groups is 3. The van der Waals surface area contributed by atoms with Crippen LogP contribution >= 0.6 is 11.6 Å². The smallest absolute Gasteiger partial charge is 0.410 e. The molecule has 2 aromatic heterocycles. The Morgan fingerprint density at radius 3 is 2.62 bits per heavy atom. The Labute approximate surface area is 202 Å². The highest BCUT2D eigenvalue weighted by molar-refractivity contribution is 6.29. The first kappa shape index (κ1) is 23.9. The highest BCUT2D eigenvalue weighted by Gasteiger charge is 2.44. The van der Waals surface area contributed by atoms with Gasteiger partial charge in [-0.1, -0.05) is 11.6 Å². The Morgan fingerprint density at radius 2 is 1.91 bits per heavy atom. The Kier molecular flexibility index (Phi) is 6.44. The van der Waals surface area contributed by atoms with E-state index in [1.807, 2.05) is 25.7 Å². The molecule has 2 aliphatic rings. The summed E-state index contributed by atoms with van der Waals surface area (Å²) in [5, 5.41) is 2.74. The van der Waals surface area contributed by atoms with Gasteiger partial charge >= 0.3 is 6.09 Å². The summed E-state index contributed by atoms with van der Waals surface area (Å²) < 4.78 is 5.59. The largest absolute Gasteiger partial charge is 0.444 e. The van der Waals surface area contributed by atoms with Crippen LogP contribution in [0.5, 0.6) is 0 Å². The number of carbonyl (C=O) groups excluding carboxylic acids is 3. The van der Waals surface area contributed by atoms with Gasteiger partial charge in [0, 0.05) is 26.6 Å². The molecule has 0 bridgehead atoms. The molecule has 1 unspecified atom stereocenters. The second-order valence-electron chi connectivity index (χ2n) is 9.37. The average molecular weight is 487 g/mol. The molecule has 0 spiro atoms. The van der Waals surface area contributed by atoms with E-state index < -0.39 is 17.7 Å².